The van der Waals surface area contributed by atoms with Gasteiger partial charge in [-0.1, -0.05) is 6.92 Å². The third-order valence-corrected chi connectivity index (χ3v) is 12.6. The van der Waals surface area contributed by atoms with Crippen LogP contribution in [0.1, 0.15) is 49.6 Å². The van der Waals surface area contributed by atoms with Crippen LogP contribution in [-0.2, 0) is 23.8 Å². The summed E-state index contributed by atoms with van der Waals surface area (Å²) in [5, 5.41) is 7.57. The molecule has 13 heteroatoms. The Labute approximate surface area is 304 Å². The SMILES string of the molecule is CCc1cc(Nc2ncc(Br)c(Nc3ccc4nc5c(nc4c3P(C)(C)=O)CCCC5)n2)c(OC)cc1N1CCC(N2CCN(C)CC2)CC1. The van der Waals surface area contributed by atoms with Crippen molar-refractivity contribution >= 4 is 68.2 Å². The third kappa shape index (κ3) is 7.36. The second-order valence-electron chi connectivity index (χ2n) is 14.2. The van der Waals surface area contributed by atoms with Gasteiger partial charge >= 0.3 is 0 Å². The fraction of sp³-hybridized carbons (Fsp3) is 0.514. The Hall–Kier alpha value is -3.31. The smallest absolute Gasteiger partial charge is 0.229 e. The molecule has 0 saturated carbocycles. The molecule has 7 rings (SSSR count). The molecular weight excluding hydrogens is 713 g/mol. The molecule has 0 atom stereocenters. The number of anilines is 5. The fourth-order valence-electron chi connectivity index (χ4n) is 7.69. The zero-order valence-electron chi connectivity index (χ0n) is 29.9. The number of ether oxygens (including phenoxy) is 1. The molecule has 2 aromatic heterocycles. The lowest BCUT2D eigenvalue weighted by atomic mass is 9.99. The number of fused-ring (bicyclic) bond motifs is 2. The minimum Gasteiger partial charge on any atom is -0.494 e. The number of hydrogen-bond acceptors (Lipinski definition) is 11. The number of nitrogens with zero attached hydrogens (tertiary/aromatic N) is 7. The molecule has 0 spiro atoms. The molecule has 3 aliphatic rings. The standard InChI is InChI=1S/C37H49BrN9O2P/c1-6-24-21-31(33(49-3)22-32(24)47-15-13-25(14-16-47)46-19-17-45(2)18-20-46)43-37-39-23-26(38)36(44-37)42-30-12-11-29-34(35(30)50(4,5)48)41-28-10-8-7-9-27(28)40-29/h11-12,21-23,25H,6-10,13-20H2,1-5H3,(H2,39,42,43,44). The van der Waals surface area contributed by atoms with Crippen LogP contribution in [0, 0.1) is 0 Å². The summed E-state index contributed by atoms with van der Waals surface area (Å²) in [6.45, 7) is 12.5. The van der Waals surface area contributed by atoms with Crippen LogP contribution in [0.2, 0.25) is 0 Å². The molecule has 0 unspecified atom stereocenters. The van der Waals surface area contributed by atoms with E-state index in [1.807, 2.05) is 12.1 Å². The van der Waals surface area contributed by atoms with E-state index < -0.39 is 7.14 Å². The fourth-order valence-corrected chi connectivity index (χ4v) is 9.37. The van der Waals surface area contributed by atoms with Crippen molar-refractivity contribution in [2.75, 3.05) is 82.3 Å². The second-order valence-corrected chi connectivity index (χ2v) is 18.2. The Balaban J connectivity index is 1.13. The summed E-state index contributed by atoms with van der Waals surface area (Å²) >= 11 is 3.64. The molecule has 0 amide bonds. The molecule has 2 saturated heterocycles. The van der Waals surface area contributed by atoms with E-state index in [4.69, 9.17) is 19.7 Å². The molecule has 50 heavy (non-hydrogen) atoms. The second kappa shape index (κ2) is 14.7. The van der Waals surface area contributed by atoms with E-state index in [-0.39, 0.29) is 0 Å². The van der Waals surface area contributed by atoms with Crippen LogP contribution >= 0.6 is 23.1 Å². The Morgan fingerprint density at radius 1 is 0.940 bits per heavy atom. The lowest BCUT2D eigenvalue weighted by Gasteiger charge is -2.43. The first-order chi connectivity index (χ1) is 24.1. The van der Waals surface area contributed by atoms with Crippen LogP contribution in [0.15, 0.2) is 34.9 Å². The molecule has 2 aromatic carbocycles. The van der Waals surface area contributed by atoms with Gasteiger partial charge in [-0.2, -0.15) is 4.98 Å². The van der Waals surface area contributed by atoms with Crippen molar-refractivity contribution in [3.05, 3.63) is 51.9 Å². The van der Waals surface area contributed by atoms with E-state index in [1.54, 1.807) is 26.6 Å². The van der Waals surface area contributed by atoms with Gasteiger partial charge in [-0.3, -0.25) is 4.90 Å². The summed E-state index contributed by atoms with van der Waals surface area (Å²) < 4.78 is 20.4. The maximum absolute atomic E-state index is 13.8. The first-order valence-electron chi connectivity index (χ1n) is 17.9. The average molecular weight is 763 g/mol. The maximum atomic E-state index is 13.8. The third-order valence-electron chi connectivity index (χ3n) is 10.5. The molecule has 2 fully saturated rings. The van der Waals surface area contributed by atoms with Crippen LogP contribution in [0.25, 0.3) is 11.0 Å². The number of piperazine rings is 1. The zero-order valence-corrected chi connectivity index (χ0v) is 32.4. The number of aromatic nitrogens is 4. The Bertz CT molecular complexity index is 1920. The van der Waals surface area contributed by atoms with E-state index in [9.17, 15) is 4.57 Å². The van der Waals surface area contributed by atoms with Crippen molar-refractivity contribution in [3.8, 4) is 5.75 Å². The number of nitrogens with one attached hydrogen (secondary N) is 2. The first kappa shape index (κ1) is 35.1. The van der Waals surface area contributed by atoms with Gasteiger partial charge in [0.05, 0.1) is 45.2 Å². The topological polar surface area (TPSA) is 112 Å². The monoisotopic (exact) mass is 761 g/mol. The highest BCUT2D eigenvalue weighted by Crippen LogP contribution is 2.42. The van der Waals surface area contributed by atoms with Crippen molar-refractivity contribution < 1.29 is 9.30 Å². The number of halogens is 1. The van der Waals surface area contributed by atoms with Gasteiger partial charge < -0.3 is 29.7 Å². The highest BCUT2D eigenvalue weighted by molar-refractivity contribution is 9.10. The molecule has 2 N–H and O–H groups in total. The number of aryl methyl sites for hydroxylation is 3. The highest BCUT2D eigenvalue weighted by atomic mass is 79.9. The van der Waals surface area contributed by atoms with E-state index in [0.29, 0.717) is 38.8 Å². The Morgan fingerprint density at radius 3 is 2.34 bits per heavy atom. The van der Waals surface area contributed by atoms with Gasteiger partial charge in [0, 0.05) is 63.3 Å². The van der Waals surface area contributed by atoms with Crippen molar-refractivity contribution in [1.29, 1.82) is 0 Å². The molecule has 1 aliphatic carbocycles. The number of likely N-dealkylation sites (N-methyl/N-ethyl adjacent to an activating group) is 1. The number of rotatable bonds is 9. The quantitative estimate of drug-likeness (QED) is 0.181. The van der Waals surface area contributed by atoms with Crippen LogP contribution in [-0.4, -0.2) is 103 Å². The van der Waals surface area contributed by atoms with Crippen molar-refractivity contribution in [2.24, 2.45) is 0 Å². The highest BCUT2D eigenvalue weighted by Gasteiger charge is 2.29. The van der Waals surface area contributed by atoms with E-state index >= 15 is 0 Å². The number of benzene rings is 2. The minimum absolute atomic E-state index is 0.421. The zero-order chi connectivity index (χ0) is 35.0. The summed E-state index contributed by atoms with van der Waals surface area (Å²) in [6, 6.07) is 8.89. The average Bonchev–Trinajstić information content (AvgIpc) is 3.11. The molecule has 2 aliphatic heterocycles. The summed E-state index contributed by atoms with van der Waals surface area (Å²) in [4.78, 5) is 27.1. The molecule has 0 bridgehead atoms. The van der Waals surface area contributed by atoms with Crippen LogP contribution in [0.5, 0.6) is 5.75 Å². The van der Waals surface area contributed by atoms with Crippen LogP contribution in [0.3, 0.4) is 0 Å². The Morgan fingerprint density at radius 2 is 1.66 bits per heavy atom. The van der Waals surface area contributed by atoms with Crippen LogP contribution in [0.4, 0.5) is 28.8 Å². The molecule has 266 valence electrons. The Kier molecular flexibility index (Phi) is 10.3. The van der Waals surface area contributed by atoms with Crippen molar-refractivity contribution in [2.45, 2.75) is 57.9 Å². The normalized spacial score (nSPS) is 17.9. The molecule has 4 heterocycles. The molecule has 11 nitrogen and oxygen atoms in total. The van der Waals surface area contributed by atoms with E-state index in [2.05, 4.69) is 72.4 Å². The van der Waals surface area contributed by atoms with Gasteiger partial charge in [0.2, 0.25) is 5.95 Å². The van der Waals surface area contributed by atoms with Crippen molar-refractivity contribution in [3.63, 3.8) is 0 Å². The van der Waals surface area contributed by atoms with Gasteiger partial charge in [0.25, 0.3) is 0 Å². The van der Waals surface area contributed by atoms with Gasteiger partial charge in [0.1, 0.15) is 24.2 Å². The predicted octanol–water partition coefficient (Wildman–Crippen LogP) is 6.58. The summed E-state index contributed by atoms with van der Waals surface area (Å²) in [7, 11) is 1.16. The molecular formula is C37H49BrN9O2P. The van der Waals surface area contributed by atoms with Gasteiger partial charge in [0.15, 0.2) is 0 Å². The number of methoxy groups -OCH3 is 1. The van der Waals surface area contributed by atoms with E-state index in [1.165, 1.54) is 37.2 Å². The lowest BCUT2D eigenvalue weighted by Crippen LogP contribution is -2.52. The maximum Gasteiger partial charge on any atom is 0.229 e. The summed E-state index contributed by atoms with van der Waals surface area (Å²) in [5.41, 5.74) is 7.57. The van der Waals surface area contributed by atoms with Crippen molar-refractivity contribution in [1.82, 2.24) is 29.7 Å². The van der Waals surface area contributed by atoms with Gasteiger partial charge in [-0.15, -0.1) is 0 Å². The lowest BCUT2D eigenvalue weighted by molar-refractivity contribution is 0.0982. The van der Waals surface area contributed by atoms with E-state index in [0.717, 1.165) is 86.6 Å². The predicted molar refractivity (Wildman–Crippen MR) is 208 cm³/mol. The summed E-state index contributed by atoms with van der Waals surface area (Å²) in [5.74, 6) is 1.72. The first-order valence-corrected chi connectivity index (χ1v) is 21.3. The van der Waals surface area contributed by atoms with Gasteiger partial charge in [-0.25, -0.2) is 15.0 Å². The number of piperidine rings is 1. The largest absolute Gasteiger partial charge is 0.494 e. The minimum atomic E-state index is -2.77. The number of hydrogen-bond donors (Lipinski definition) is 2. The van der Waals surface area contributed by atoms with Gasteiger partial charge in [-0.05, 0) is 105 Å². The molecule has 4 aromatic rings. The van der Waals surface area contributed by atoms with Crippen LogP contribution < -0.4 is 25.6 Å². The summed E-state index contributed by atoms with van der Waals surface area (Å²) in [6.07, 6.45) is 9.04. The molecule has 0 radical (unpaired) electrons.